The molecule has 0 radical (unpaired) electrons. The van der Waals surface area contributed by atoms with Gasteiger partial charge in [0.25, 0.3) is 5.91 Å². The van der Waals surface area contributed by atoms with Crippen molar-refractivity contribution in [2.24, 2.45) is 11.7 Å². The van der Waals surface area contributed by atoms with Gasteiger partial charge in [-0.05, 0) is 5.56 Å². The Balaban J connectivity index is 1.66. The van der Waals surface area contributed by atoms with Gasteiger partial charge in [-0.2, -0.15) is 0 Å². The van der Waals surface area contributed by atoms with Gasteiger partial charge in [-0.3, -0.25) is 14.9 Å². The van der Waals surface area contributed by atoms with Gasteiger partial charge in [-0.1, -0.05) is 30.3 Å². The first-order valence-corrected chi connectivity index (χ1v) is 7.79. The van der Waals surface area contributed by atoms with E-state index in [0.717, 1.165) is 10.5 Å². The Hall–Kier alpha value is -2.41. The van der Waals surface area contributed by atoms with Crippen LogP contribution in [0.3, 0.4) is 0 Å². The summed E-state index contributed by atoms with van der Waals surface area (Å²) in [6.07, 6.45) is 1.39. The number of hydrogen-bond donors (Lipinski definition) is 4. The predicted octanol–water partition coefficient (Wildman–Crippen LogP) is -1.21. The summed E-state index contributed by atoms with van der Waals surface area (Å²) in [6, 6.07) is 8.98. The zero-order valence-electron chi connectivity index (χ0n) is 13.0. The number of rotatable bonds is 5. The van der Waals surface area contributed by atoms with E-state index in [1.54, 1.807) is 0 Å². The molecule has 1 saturated heterocycles. The Labute approximate surface area is 135 Å². The van der Waals surface area contributed by atoms with Gasteiger partial charge >= 0.3 is 6.03 Å². The van der Waals surface area contributed by atoms with Crippen LogP contribution in [0.15, 0.2) is 30.3 Å². The molecule has 0 saturated carbocycles. The van der Waals surface area contributed by atoms with Gasteiger partial charge in [0.1, 0.15) is 0 Å². The van der Waals surface area contributed by atoms with E-state index in [4.69, 9.17) is 5.73 Å². The van der Waals surface area contributed by atoms with Gasteiger partial charge in [0.2, 0.25) is 5.91 Å². The zero-order valence-corrected chi connectivity index (χ0v) is 13.0. The molecule has 0 aromatic heterocycles. The molecule has 0 aliphatic carbocycles. The van der Waals surface area contributed by atoms with Gasteiger partial charge < -0.3 is 16.0 Å². The second-order valence-electron chi connectivity index (χ2n) is 5.82. The Bertz CT molecular complexity index is 554. The molecule has 23 heavy (non-hydrogen) atoms. The molecule has 1 heterocycles. The molecule has 1 aromatic rings. The zero-order chi connectivity index (χ0) is 16.7. The third-order valence-electron chi connectivity index (χ3n) is 4.05. The number of urea groups is 1. The van der Waals surface area contributed by atoms with Crippen LogP contribution in [-0.2, 0) is 16.1 Å². The van der Waals surface area contributed by atoms with Crippen molar-refractivity contribution in [2.75, 3.05) is 19.6 Å². The van der Waals surface area contributed by atoms with E-state index in [1.807, 2.05) is 30.3 Å². The van der Waals surface area contributed by atoms with Crippen LogP contribution in [0.1, 0.15) is 18.4 Å². The van der Waals surface area contributed by atoms with Crippen molar-refractivity contribution in [1.29, 1.82) is 0 Å². The minimum absolute atomic E-state index is 0.0871. The second kappa shape index (κ2) is 8.28. The summed E-state index contributed by atoms with van der Waals surface area (Å²) in [5.41, 5.74) is 6.25. The number of primary amides is 1. The fourth-order valence-electron chi connectivity index (χ4n) is 2.71. The normalized spacial score (nSPS) is 20.5. The van der Waals surface area contributed by atoms with Gasteiger partial charge in [0, 0.05) is 25.3 Å². The highest BCUT2D eigenvalue weighted by Crippen LogP contribution is 2.07. The largest absolute Gasteiger partial charge is 0.369 e. The highest BCUT2D eigenvalue weighted by Gasteiger charge is 2.27. The van der Waals surface area contributed by atoms with Gasteiger partial charge in [-0.25, -0.2) is 4.79 Å². The van der Waals surface area contributed by atoms with Crippen LogP contribution in [0.4, 0.5) is 4.79 Å². The van der Waals surface area contributed by atoms with Crippen LogP contribution in [0.25, 0.3) is 0 Å². The van der Waals surface area contributed by atoms with Crippen molar-refractivity contribution in [3.05, 3.63) is 35.9 Å². The molecule has 0 unspecified atom stereocenters. The number of piperidine rings is 1. The van der Waals surface area contributed by atoms with Crippen molar-refractivity contribution in [3.8, 4) is 0 Å². The van der Waals surface area contributed by atoms with Crippen molar-refractivity contribution < 1.29 is 19.3 Å². The Kier molecular flexibility index (Phi) is 6.10. The molecule has 0 atom stereocenters. The van der Waals surface area contributed by atoms with Crippen molar-refractivity contribution >= 4 is 17.8 Å². The van der Waals surface area contributed by atoms with E-state index in [1.165, 1.54) is 0 Å². The standard InChI is InChI=1S/C16H22N4O3/c17-15(22)13-6-8-20(9-7-13)11-14(21)19-16(23)18-10-12-4-2-1-3-5-12/h1-5,13H,6-11H2,(H2,17,22)(H2,18,19,21,23)/p+1. The highest BCUT2D eigenvalue weighted by atomic mass is 16.2. The summed E-state index contributed by atoms with van der Waals surface area (Å²) >= 11 is 0. The third kappa shape index (κ3) is 5.71. The number of nitrogens with one attached hydrogen (secondary N) is 3. The van der Waals surface area contributed by atoms with E-state index in [2.05, 4.69) is 10.6 Å². The number of amides is 4. The quantitative estimate of drug-likeness (QED) is 0.547. The van der Waals surface area contributed by atoms with Crippen molar-refractivity contribution in [2.45, 2.75) is 19.4 Å². The Morgan fingerprint density at radius 2 is 1.78 bits per heavy atom. The predicted molar refractivity (Wildman–Crippen MR) is 84.3 cm³/mol. The van der Waals surface area contributed by atoms with E-state index in [0.29, 0.717) is 32.5 Å². The molecule has 1 aromatic carbocycles. The van der Waals surface area contributed by atoms with E-state index < -0.39 is 6.03 Å². The minimum atomic E-state index is -0.495. The molecule has 0 spiro atoms. The molecule has 2 rings (SSSR count). The summed E-state index contributed by atoms with van der Waals surface area (Å²) in [5.74, 6) is -0.673. The lowest BCUT2D eigenvalue weighted by Gasteiger charge is -2.27. The Morgan fingerprint density at radius 3 is 2.39 bits per heavy atom. The number of benzene rings is 1. The molecule has 4 amide bonds. The number of nitrogens with two attached hydrogens (primary N) is 1. The SMILES string of the molecule is NC(=O)C1CC[NH+](CC(=O)NC(=O)NCc2ccccc2)CC1. The van der Waals surface area contributed by atoms with Crippen molar-refractivity contribution in [1.82, 2.24) is 10.6 Å². The van der Waals surface area contributed by atoms with E-state index >= 15 is 0 Å². The fourth-order valence-corrected chi connectivity index (χ4v) is 2.71. The van der Waals surface area contributed by atoms with Gasteiger partial charge in [-0.15, -0.1) is 0 Å². The number of carbonyl (C=O) groups excluding carboxylic acids is 3. The molecule has 1 aliphatic rings. The average Bonchev–Trinajstić information content (AvgIpc) is 2.54. The minimum Gasteiger partial charge on any atom is -0.369 e. The molecule has 5 N–H and O–H groups in total. The summed E-state index contributed by atoms with van der Waals surface area (Å²) < 4.78 is 0. The maximum absolute atomic E-state index is 11.9. The van der Waals surface area contributed by atoms with Crippen LogP contribution in [0.5, 0.6) is 0 Å². The first kappa shape index (κ1) is 17.0. The number of hydrogen-bond acceptors (Lipinski definition) is 3. The lowest BCUT2D eigenvalue weighted by molar-refractivity contribution is -0.897. The third-order valence-corrected chi connectivity index (χ3v) is 4.05. The van der Waals surface area contributed by atoms with Crippen LogP contribution in [0, 0.1) is 5.92 Å². The van der Waals surface area contributed by atoms with Crippen LogP contribution >= 0.6 is 0 Å². The second-order valence-corrected chi connectivity index (χ2v) is 5.82. The molecule has 1 aliphatic heterocycles. The molecule has 7 nitrogen and oxygen atoms in total. The average molecular weight is 319 g/mol. The summed E-state index contributed by atoms with van der Waals surface area (Å²) in [6.45, 7) is 2.03. The molecular weight excluding hydrogens is 296 g/mol. The molecule has 1 fully saturated rings. The van der Waals surface area contributed by atoms with Gasteiger partial charge in [0.05, 0.1) is 13.1 Å². The lowest BCUT2D eigenvalue weighted by Crippen LogP contribution is -3.14. The maximum Gasteiger partial charge on any atom is 0.321 e. The molecular formula is C16H23N4O3+. The van der Waals surface area contributed by atoms with E-state index in [-0.39, 0.29) is 24.3 Å². The summed E-state index contributed by atoms with van der Waals surface area (Å²) in [5, 5.41) is 4.98. The molecule has 124 valence electrons. The fraction of sp³-hybridized carbons (Fsp3) is 0.438. The Morgan fingerprint density at radius 1 is 1.13 bits per heavy atom. The van der Waals surface area contributed by atoms with Crippen LogP contribution in [0.2, 0.25) is 0 Å². The lowest BCUT2D eigenvalue weighted by atomic mass is 9.96. The van der Waals surface area contributed by atoms with Gasteiger partial charge in [0.15, 0.2) is 6.54 Å². The molecule has 0 bridgehead atoms. The number of quaternary nitrogens is 1. The van der Waals surface area contributed by atoms with Crippen LogP contribution in [-0.4, -0.2) is 37.5 Å². The number of likely N-dealkylation sites (tertiary alicyclic amines) is 1. The topological polar surface area (TPSA) is 106 Å². The van der Waals surface area contributed by atoms with Crippen molar-refractivity contribution in [3.63, 3.8) is 0 Å². The van der Waals surface area contributed by atoms with E-state index in [9.17, 15) is 14.4 Å². The first-order valence-electron chi connectivity index (χ1n) is 7.79. The maximum atomic E-state index is 11.9. The number of imide groups is 1. The van der Waals surface area contributed by atoms with Crippen LogP contribution < -0.4 is 21.3 Å². The molecule has 7 heteroatoms. The highest BCUT2D eigenvalue weighted by molar-refractivity contribution is 5.94. The monoisotopic (exact) mass is 319 g/mol. The summed E-state index contributed by atoms with van der Waals surface area (Å²) in [4.78, 5) is 35.7. The number of carbonyl (C=O) groups is 3. The first-order chi connectivity index (χ1) is 11.0. The summed E-state index contributed by atoms with van der Waals surface area (Å²) in [7, 11) is 0. The smallest absolute Gasteiger partial charge is 0.321 e.